The predicted octanol–water partition coefficient (Wildman–Crippen LogP) is 2.34. The number of halogens is 3. The highest BCUT2D eigenvalue weighted by Crippen LogP contribution is 2.29. The Bertz CT molecular complexity index is 845. The van der Waals surface area contributed by atoms with Crippen molar-refractivity contribution in [2.75, 3.05) is 31.1 Å². The molecule has 2 aliphatic rings. The number of carbonyl (C=O) groups excluding carboxylic acids is 1. The maximum absolute atomic E-state index is 12.7. The fourth-order valence-electron chi connectivity index (χ4n) is 3.47. The number of pyridine rings is 1. The van der Waals surface area contributed by atoms with Crippen LogP contribution < -0.4 is 4.90 Å². The minimum atomic E-state index is -4.40. The van der Waals surface area contributed by atoms with E-state index < -0.39 is 11.7 Å². The van der Waals surface area contributed by atoms with Crippen molar-refractivity contribution in [1.82, 2.24) is 20.1 Å². The summed E-state index contributed by atoms with van der Waals surface area (Å²) in [6, 6.07) is 4.23. The zero-order valence-corrected chi connectivity index (χ0v) is 14.5. The van der Waals surface area contributed by atoms with E-state index in [1.165, 1.54) is 6.07 Å². The van der Waals surface area contributed by atoms with Gasteiger partial charge in [-0.3, -0.25) is 4.79 Å². The number of rotatable bonds is 2. The summed E-state index contributed by atoms with van der Waals surface area (Å²) in [6.45, 7) is 1.92. The van der Waals surface area contributed by atoms with Gasteiger partial charge < -0.3 is 9.80 Å². The predicted molar refractivity (Wildman–Crippen MR) is 91.4 cm³/mol. The van der Waals surface area contributed by atoms with Gasteiger partial charge >= 0.3 is 6.18 Å². The van der Waals surface area contributed by atoms with Crippen LogP contribution in [0.1, 0.15) is 33.7 Å². The van der Waals surface area contributed by atoms with Crippen LogP contribution in [0.2, 0.25) is 0 Å². The summed E-state index contributed by atoms with van der Waals surface area (Å²) in [6.07, 6.45) is -0.672. The Morgan fingerprint density at radius 3 is 2.48 bits per heavy atom. The van der Waals surface area contributed by atoms with Gasteiger partial charge in [0.2, 0.25) is 0 Å². The van der Waals surface area contributed by atoms with Gasteiger partial charge in [0.05, 0.1) is 11.3 Å². The highest BCUT2D eigenvalue weighted by Gasteiger charge is 2.31. The van der Waals surface area contributed by atoms with Crippen molar-refractivity contribution in [3.8, 4) is 0 Å². The lowest BCUT2D eigenvalue weighted by molar-refractivity contribution is -0.137. The molecule has 0 saturated carbocycles. The van der Waals surface area contributed by atoms with E-state index >= 15 is 0 Å². The lowest BCUT2D eigenvalue weighted by Crippen LogP contribution is -2.49. The standard InChI is InChI=1S/C18H18F3N5O/c19-18(20,21)13-4-5-16(22-11-13)25-6-8-26(9-7-25)17(27)15-10-12-2-1-3-14(12)23-24-15/h4-5,10-11H,1-3,6-9H2. The molecule has 6 nitrogen and oxygen atoms in total. The molecule has 4 rings (SSSR count). The Morgan fingerprint density at radius 2 is 1.81 bits per heavy atom. The van der Waals surface area contributed by atoms with Gasteiger partial charge in [-0.15, -0.1) is 5.10 Å². The molecule has 142 valence electrons. The average Bonchev–Trinajstić information content (AvgIpc) is 3.15. The Balaban J connectivity index is 1.39. The second kappa shape index (κ2) is 6.79. The third kappa shape index (κ3) is 3.58. The van der Waals surface area contributed by atoms with Crippen LogP contribution in [0.4, 0.5) is 19.0 Å². The summed E-state index contributed by atoms with van der Waals surface area (Å²) >= 11 is 0. The normalized spacial score (nSPS) is 17.1. The molecule has 0 radical (unpaired) electrons. The van der Waals surface area contributed by atoms with Crippen LogP contribution in [0.25, 0.3) is 0 Å². The Labute approximate surface area is 154 Å². The lowest BCUT2D eigenvalue weighted by atomic mass is 10.2. The molecule has 2 aromatic rings. The number of anilines is 1. The van der Waals surface area contributed by atoms with Crippen LogP contribution in [0, 0.1) is 0 Å². The largest absolute Gasteiger partial charge is 0.417 e. The number of alkyl halides is 3. The molecule has 0 unspecified atom stereocenters. The number of fused-ring (bicyclic) bond motifs is 1. The van der Waals surface area contributed by atoms with Crippen LogP contribution in [-0.4, -0.2) is 52.2 Å². The van der Waals surface area contributed by atoms with Crippen molar-refractivity contribution in [2.45, 2.75) is 25.4 Å². The third-order valence-corrected chi connectivity index (χ3v) is 5.00. The van der Waals surface area contributed by atoms with Gasteiger partial charge in [-0.2, -0.15) is 18.3 Å². The second-order valence-electron chi connectivity index (χ2n) is 6.74. The summed E-state index contributed by atoms with van der Waals surface area (Å²) in [4.78, 5) is 20.2. The highest BCUT2D eigenvalue weighted by atomic mass is 19.4. The Hall–Kier alpha value is -2.71. The summed E-state index contributed by atoms with van der Waals surface area (Å²) < 4.78 is 37.9. The molecule has 1 amide bonds. The van der Waals surface area contributed by atoms with E-state index in [2.05, 4.69) is 15.2 Å². The number of aryl methyl sites for hydroxylation is 2. The fraction of sp³-hybridized carbons (Fsp3) is 0.444. The van der Waals surface area contributed by atoms with Gasteiger partial charge in [0.25, 0.3) is 5.91 Å². The van der Waals surface area contributed by atoms with E-state index in [1.54, 1.807) is 4.90 Å². The smallest absolute Gasteiger partial charge is 0.353 e. The van der Waals surface area contributed by atoms with Crippen molar-refractivity contribution in [1.29, 1.82) is 0 Å². The first-order valence-corrected chi connectivity index (χ1v) is 8.85. The molecule has 1 fully saturated rings. The van der Waals surface area contributed by atoms with E-state index in [1.807, 2.05) is 11.0 Å². The maximum atomic E-state index is 12.7. The van der Waals surface area contributed by atoms with Crippen LogP contribution in [0.5, 0.6) is 0 Å². The van der Waals surface area contributed by atoms with Crippen LogP contribution in [-0.2, 0) is 19.0 Å². The van der Waals surface area contributed by atoms with E-state index in [4.69, 9.17) is 0 Å². The number of piperazine rings is 1. The second-order valence-corrected chi connectivity index (χ2v) is 6.74. The molecular formula is C18H18F3N5O. The number of aromatic nitrogens is 3. The monoisotopic (exact) mass is 377 g/mol. The molecule has 3 heterocycles. The number of hydrogen-bond acceptors (Lipinski definition) is 5. The number of hydrogen-bond donors (Lipinski definition) is 0. The van der Waals surface area contributed by atoms with E-state index in [0.717, 1.165) is 42.8 Å². The minimum Gasteiger partial charge on any atom is -0.353 e. The van der Waals surface area contributed by atoms with Gasteiger partial charge in [0.15, 0.2) is 5.69 Å². The maximum Gasteiger partial charge on any atom is 0.417 e. The molecule has 1 aliphatic heterocycles. The average molecular weight is 377 g/mol. The highest BCUT2D eigenvalue weighted by molar-refractivity contribution is 5.92. The van der Waals surface area contributed by atoms with E-state index in [0.29, 0.717) is 37.7 Å². The lowest BCUT2D eigenvalue weighted by Gasteiger charge is -2.35. The first kappa shape index (κ1) is 17.7. The van der Waals surface area contributed by atoms with E-state index in [-0.39, 0.29) is 5.91 Å². The minimum absolute atomic E-state index is 0.155. The number of amides is 1. The summed E-state index contributed by atoms with van der Waals surface area (Å²) in [5.41, 5.74) is 1.66. The molecule has 0 atom stereocenters. The van der Waals surface area contributed by atoms with Gasteiger partial charge in [0, 0.05) is 32.4 Å². The zero-order chi connectivity index (χ0) is 19.0. The van der Waals surface area contributed by atoms with E-state index in [9.17, 15) is 18.0 Å². The molecule has 9 heteroatoms. The molecule has 0 spiro atoms. The van der Waals surface area contributed by atoms with Crippen molar-refractivity contribution in [3.63, 3.8) is 0 Å². The Morgan fingerprint density at radius 1 is 1.04 bits per heavy atom. The zero-order valence-electron chi connectivity index (χ0n) is 14.5. The molecule has 0 bridgehead atoms. The SMILES string of the molecule is O=C(c1cc2c(nn1)CCC2)N1CCN(c2ccc(C(F)(F)F)cn2)CC1. The van der Waals surface area contributed by atoms with Gasteiger partial charge in [-0.25, -0.2) is 4.98 Å². The fourth-order valence-corrected chi connectivity index (χ4v) is 3.47. The van der Waals surface area contributed by atoms with Crippen molar-refractivity contribution < 1.29 is 18.0 Å². The van der Waals surface area contributed by atoms with Crippen molar-refractivity contribution in [2.24, 2.45) is 0 Å². The molecule has 2 aromatic heterocycles. The number of carbonyl (C=O) groups is 1. The molecule has 0 aromatic carbocycles. The molecule has 1 saturated heterocycles. The van der Waals surface area contributed by atoms with Gasteiger partial charge in [-0.05, 0) is 43.0 Å². The molecule has 0 N–H and O–H groups in total. The van der Waals surface area contributed by atoms with Crippen LogP contribution in [0.3, 0.4) is 0 Å². The van der Waals surface area contributed by atoms with Crippen molar-refractivity contribution in [3.05, 3.63) is 46.9 Å². The first-order chi connectivity index (χ1) is 12.9. The van der Waals surface area contributed by atoms with Gasteiger partial charge in [0.1, 0.15) is 5.82 Å². The third-order valence-electron chi connectivity index (χ3n) is 5.00. The van der Waals surface area contributed by atoms with Gasteiger partial charge in [-0.1, -0.05) is 0 Å². The van der Waals surface area contributed by atoms with Crippen molar-refractivity contribution >= 4 is 11.7 Å². The molecular weight excluding hydrogens is 359 g/mol. The summed E-state index contributed by atoms with van der Waals surface area (Å²) in [5.74, 6) is 0.324. The quantitative estimate of drug-likeness (QED) is 0.804. The first-order valence-electron chi connectivity index (χ1n) is 8.85. The molecule has 1 aliphatic carbocycles. The van der Waals surface area contributed by atoms with Crippen LogP contribution >= 0.6 is 0 Å². The summed E-state index contributed by atoms with van der Waals surface area (Å²) in [7, 11) is 0. The Kier molecular flexibility index (Phi) is 4.45. The summed E-state index contributed by atoms with van der Waals surface area (Å²) in [5, 5.41) is 8.22. The van der Waals surface area contributed by atoms with Crippen LogP contribution in [0.15, 0.2) is 24.4 Å². The molecule has 27 heavy (non-hydrogen) atoms. The topological polar surface area (TPSA) is 62.2 Å². The number of nitrogens with zero attached hydrogens (tertiary/aromatic N) is 5.